The average Bonchev–Trinajstić information content (AvgIpc) is 2.43. The van der Waals surface area contributed by atoms with Crippen molar-refractivity contribution >= 4 is 11.7 Å². The molecule has 5 nitrogen and oxygen atoms in total. The van der Waals surface area contributed by atoms with Crippen molar-refractivity contribution < 1.29 is 19.4 Å². The van der Waals surface area contributed by atoms with Gasteiger partial charge >= 0.3 is 5.97 Å². The molecule has 0 aliphatic heterocycles. The highest BCUT2D eigenvalue weighted by Crippen LogP contribution is 2.23. The van der Waals surface area contributed by atoms with Crippen LogP contribution in [-0.4, -0.2) is 31.4 Å². The molecule has 0 bridgehead atoms. The first-order valence-corrected chi connectivity index (χ1v) is 6.40. The van der Waals surface area contributed by atoms with Crippen LogP contribution in [0.3, 0.4) is 0 Å². The largest absolute Gasteiger partial charge is 0.491 e. The number of methoxy groups -OCH3 is 1. The molecular formula is C14H21NO4. The molecular weight excluding hydrogens is 246 g/mol. The number of hydrogen-bond acceptors (Lipinski definition) is 5. The highest BCUT2D eigenvalue weighted by molar-refractivity contribution is 5.90. The Morgan fingerprint density at radius 2 is 2.00 bits per heavy atom. The normalized spacial score (nSPS) is 10.2. The van der Waals surface area contributed by atoms with Gasteiger partial charge in [0.1, 0.15) is 5.75 Å². The molecule has 1 rings (SSSR count). The van der Waals surface area contributed by atoms with Gasteiger partial charge < -0.3 is 20.3 Å². The molecule has 0 atom stereocenters. The fourth-order valence-corrected chi connectivity index (χ4v) is 1.67. The van der Waals surface area contributed by atoms with Crippen LogP contribution in [0.25, 0.3) is 0 Å². The number of carbonyl (C=O) groups is 1. The Balaban J connectivity index is 2.40. The van der Waals surface area contributed by atoms with Gasteiger partial charge in [0.2, 0.25) is 0 Å². The second-order valence-corrected chi connectivity index (χ2v) is 4.23. The summed E-state index contributed by atoms with van der Waals surface area (Å²) in [6, 6.07) is 4.85. The van der Waals surface area contributed by atoms with Gasteiger partial charge in [-0.15, -0.1) is 0 Å². The van der Waals surface area contributed by atoms with Crippen LogP contribution in [0.1, 0.15) is 36.0 Å². The number of rotatable bonds is 8. The number of ether oxygens (including phenoxy) is 2. The molecule has 0 amide bonds. The molecule has 0 aliphatic carbocycles. The number of anilines is 1. The number of aliphatic hydroxyl groups is 1. The summed E-state index contributed by atoms with van der Waals surface area (Å²) in [6.45, 7) is 0.815. The summed E-state index contributed by atoms with van der Waals surface area (Å²) in [6.07, 6.45) is 3.76. The molecule has 19 heavy (non-hydrogen) atoms. The fraction of sp³-hybridized carbons (Fsp3) is 0.500. The number of unbranched alkanes of at least 4 members (excludes halogenated alkanes) is 3. The number of carbonyl (C=O) groups excluding carboxylic acids is 1. The van der Waals surface area contributed by atoms with E-state index in [9.17, 15) is 4.79 Å². The second-order valence-electron chi connectivity index (χ2n) is 4.23. The van der Waals surface area contributed by atoms with Crippen LogP contribution in [0.2, 0.25) is 0 Å². The van der Waals surface area contributed by atoms with Crippen LogP contribution in [0, 0.1) is 0 Å². The molecule has 0 saturated heterocycles. The third-order valence-electron chi connectivity index (χ3n) is 2.74. The van der Waals surface area contributed by atoms with Gasteiger partial charge in [0.05, 0.1) is 25.0 Å². The highest BCUT2D eigenvalue weighted by atomic mass is 16.5. The lowest BCUT2D eigenvalue weighted by Crippen LogP contribution is -2.04. The lowest BCUT2D eigenvalue weighted by molar-refractivity contribution is 0.0600. The van der Waals surface area contributed by atoms with E-state index in [1.807, 2.05) is 0 Å². The molecule has 0 aromatic heterocycles. The van der Waals surface area contributed by atoms with Gasteiger partial charge in [-0.25, -0.2) is 4.79 Å². The Hall–Kier alpha value is -1.75. The first-order valence-electron chi connectivity index (χ1n) is 6.40. The quantitative estimate of drug-likeness (QED) is 0.427. The molecule has 0 unspecified atom stereocenters. The summed E-state index contributed by atoms with van der Waals surface area (Å²) in [4.78, 5) is 11.3. The van der Waals surface area contributed by atoms with E-state index in [1.165, 1.54) is 7.11 Å². The van der Waals surface area contributed by atoms with Crippen LogP contribution in [0.4, 0.5) is 5.69 Å². The van der Waals surface area contributed by atoms with Gasteiger partial charge in [-0.1, -0.05) is 6.42 Å². The molecule has 0 heterocycles. The third kappa shape index (κ3) is 5.18. The molecule has 0 saturated carbocycles. The summed E-state index contributed by atoms with van der Waals surface area (Å²) >= 11 is 0. The van der Waals surface area contributed by atoms with E-state index in [0.29, 0.717) is 23.6 Å². The molecule has 5 heteroatoms. The number of nitrogen functional groups attached to an aromatic ring is 1. The SMILES string of the molecule is COC(=O)c1ccc(OCCCCCCO)c(N)c1. The molecule has 106 valence electrons. The Kier molecular flexibility index (Phi) is 6.74. The van der Waals surface area contributed by atoms with Crippen molar-refractivity contribution in [2.45, 2.75) is 25.7 Å². The first kappa shape index (κ1) is 15.3. The minimum atomic E-state index is -0.415. The maximum Gasteiger partial charge on any atom is 0.337 e. The summed E-state index contributed by atoms with van der Waals surface area (Å²) in [5.74, 6) is 0.164. The summed E-state index contributed by atoms with van der Waals surface area (Å²) in [5.41, 5.74) is 6.65. The summed E-state index contributed by atoms with van der Waals surface area (Å²) < 4.78 is 10.2. The molecule has 1 aromatic rings. The van der Waals surface area contributed by atoms with Gasteiger partial charge in [-0.3, -0.25) is 0 Å². The first-order chi connectivity index (χ1) is 9.19. The van der Waals surface area contributed by atoms with Crippen molar-refractivity contribution in [2.24, 2.45) is 0 Å². The van der Waals surface area contributed by atoms with Crippen molar-refractivity contribution in [3.8, 4) is 5.75 Å². The van der Waals surface area contributed by atoms with Crippen molar-refractivity contribution in [3.63, 3.8) is 0 Å². The molecule has 0 radical (unpaired) electrons. The lowest BCUT2D eigenvalue weighted by atomic mass is 10.2. The smallest absolute Gasteiger partial charge is 0.337 e. The van der Waals surface area contributed by atoms with Crippen LogP contribution in [-0.2, 0) is 4.74 Å². The van der Waals surface area contributed by atoms with Gasteiger partial charge in [0.15, 0.2) is 0 Å². The van der Waals surface area contributed by atoms with Gasteiger partial charge in [-0.2, -0.15) is 0 Å². The van der Waals surface area contributed by atoms with Gasteiger partial charge in [0, 0.05) is 6.61 Å². The number of nitrogens with two attached hydrogens (primary N) is 1. The zero-order chi connectivity index (χ0) is 14.1. The monoisotopic (exact) mass is 267 g/mol. The Morgan fingerprint density at radius 3 is 2.63 bits per heavy atom. The van der Waals surface area contributed by atoms with E-state index in [0.717, 1.165) is 25.7 Å². The maximum absolute atomic E-state index is 11.3. The summed E-state index contributed by atoms with van der Waals surface area (Å²) in [5, 5.41) is 8.64. The second kappa shape index (κ2) is 8.37. The van der Waals surface area contributed by atoms with E-state index in [-0.39, 0.29) is 6.61 Å². The van der Waals surface area contributed by atoms with Crippen molar-refractivity contribution in [2.75, 3.05) is 26.1 Å². The average molecular weight is 267 g/mol. The van der Waals surface area contributed by atoms with Crippen LogP contribution >= 0.6 is 0 Å². The molecule has 0 aliphatic rings. The van der Waals surface area contributed by atoms with Crippen molar-refractivity contribution in [3.05, 3.63) is 23.8 Å². The number of aliphatic hydroxyl groups excluding tert-OH is 1. The van der Waals surface area contributed by atoms with E-state index in [2.05, 4.69) is 4.74 Å². The predicted molar refractivity (Wildman–Crippen MR) is 73.2 cm³/mol. The molecule has 0 fully saturated rings. The van der Waals surface area contributed by atoms with E-state index < -0.39 is 5.97 Å². The number of hydrogen-bond donors (Lipinski definition) is 2. The summed E-state index contributed by atoms with van der Waals surface area (Å²) in [7, 11) is 1.33. The Morgan fingerprint density at radius 1 is 1.26 bits per heavy atom. The zero-order valence-electron chi connectivity index (χ0n) is 11.2. The molecule has 1 aromatic carbocycles. The van der Waals surface area contributed by atoms with Crippen molar-refractivity contribution in [1.82, 2.24) is 0 Å². The van der Waals surface area contributed by atoms with Gasteiger partial charge in [-0.05, 0) is 37.5 Å². The molecule has 3 N–H and O–H groups in total. The van der Waals surface area contributed by atoms with E-state index in [4.69, 9.17) is 15.6 Å². The zero-order valence-corrected chi connectivity index (χ0v) is 11.2. The van der Waals surface area contributed by atoms with Crippen LogP contribution in [0.15, 0.2) is 18.2 Å². The standard InChI is InChI=1S/C14H21NO4/c1-18-14(17)11-6-7-13(12(15)10-11)19-9-5-3-2-4-8-16/h6-7,10,16H,2-5,8-9,15H2,1H3. The van der Waals surface area contributed by atoms with Gasteiger partial charge in [0.25, 0.3) is 0 Å². The van der Waals surface area contributed by atoms with E-state index >= 15 is 0 Å². The number of esters is 1. The third-order valence-corrected chi connectivity index (χ3v) is 2.74. The fourth-order valence-electron chi connectivity index (χ4n) is 1.67. The van der Waals surface area contributed by atoms with E-state index in [1.54, 1.807) is 18.2 Å². The molecule has 0 spiro atoms. The minimum absolute atomic E-state index is 0.239. The van der Waals surface area contributed by atoms with Crippen molar-refractivity contribution in [1.29, 1.82) is 0 Å². The van der Waals surface area contributed by atoms with Crippen LogP contribution < -0.4 is 10.5 Å². The number of benzene rings is 1. The Bertz CT molecular complexity index is 406. The maximum atomic E-state index is 11.3. The highest BCUT2D eigenvalue weighted by Gasteiger charge is 2.08. The topological polar surface area (TPSA) is 81.8 Å². The lowest BCUT2D eigenvalue weighted by Gasteiger charge is -2.09. The Labute approximate surface area is 113 Å². The minimum Gasteiger partial charge on any atom is -0.491 e. The van der Waals surface area contributed by atoms with Crippen LogP contribution in [0.5, 0.6) is 5.75 Å². The predicted octanol–water partition coefficient (Wildman–Crippen LogP) is 1.99.